The quantitative estimate of drug-likeness (QED) is 0.850. The maximum absolute atomic E-state index is 5.50. The Hall–Kier alpha value is -1.07. The summed E-state index contributed by atoms with van der Waals surface area (Å²) in [5.41, 5.74) is 6.74. The molecule has 14 heavy (non-hydrogen) atoms. The summed E-state index contributed by atoms with van der Waals surface area (Å²) in [7, 11) is 0. The zero-order chi connectivity index (χ0) is 9.97. The molecule has 0 spiro atoms. The van der Waals surface area contributed by atoms with Crippen LogP contribution in [0.1, 0.15) is 5.56 Å². The third kappa shape index (κ3) is 2.05. The first-order chi connectivity index (χ1) is 6.75. The Morgan fingerprint density at radius 2 is 2.07 bits per heavy atom. The SMILES string of the molecule is Cc1ccccc1Sc1nnc(N)s1. The molecule has 0 bridgehead atoms. The minimum atomic E-state index is 0.515. The second kappa shape index (κ2) is 3.98. The fraction of sp³-hybridized carbons (Fsp3) is 0.111. The number of benzene rings is 1. The predicted molar refractivity (Wildman–Crippen MR) is 59.6 cm³/mol. The van der Waals surface area contributed by atoms with Crippen LogP contribution in [0.2, 0.25) is 0 Å². The Balaban J connectivity index is 2.23. The maximum Gasteiger partial charge on any atom is 0.203 e. The predicted octanol–water partition coefficient (Wildman–Crippen LogP) is 2.58. The van der Waals surface area contributed by atoms with Crippen LogP contribution >= 0.6 is 23.1 Å². The molecule has 0 saturated heterocycles. The van der Waals surface area contributed by atoms with Crippen molar-refractivity contribution in [2.45, 2.75) is 16.2 Å². The molecule has 0 fully saturated rings. The van der Waals surface area contributed by atoms with Crippen molar-refractivity contribution in [1.82, 2.24) is 10.2 Å². The van der Waals surface area contributed by atoms with E-state index in [9.17, 15) is 0 Å². The first-order valence-corrected chi connectivity index (χ1v) is 5.71. The number of aryl methyl sites for hydroxylation is 1. The highest BCUT2D eigenvalue weighted by molar-refractivity contribution is 8.01. The zero-order valence-corrected chi connectivity index (χ0v) is 9.23. The molecule has 1 aromatic carbocycles. The maximum atomic E-state index is 5.50. The summed E-state index contributed by atoms with van der Waals surface area (Å²) in [5, 5.41) is 8.24. The molecule has 0 atom stereocenters. The average molecular weight is 223 g/mol. The van der Waals surface area contributed by atoms with Crippen LogP contribution in [0.3, 0.4) is 0 Å². The zero-order valence-electron chi connectivity index (χ0n) is 7.60. The van der Waals surface area contributed by atoms with Gasteiger partial charge in [-0.2, -0.15) is 0 Å². The van der Waals surface area contributed by atoms with Gasteiger partial charge in [-0.15, -0.1) is 10.2 Å². The molecule has 1 aromatic heterocycles. The summed E-state index contributed by atoms with van der Waals surface area (Å²) in [5.74, 6) is 0. The Labute approximate surface area is 90.4 Å². The van der Waals surface area contributed by atoms with Gasteiger partial charge in [-0.3, -0.25) is 0 Å². The topological polar surface area (TPSA) is 51.8 Å². The van der Waals surface area contributed by atoms with Crippen LogP contribution in [0.15, 0.2) is 33.5 Å². The molecule has 0 radical (unpaired) electrons. The number of hydrogen-bond donors (Lipinski definition) is 1. The van der Waals surface area contributed by atoms with Crippen molar-refractivity contribution in [2.24, 2.45) is 0 Å². The fourth-order valence-electron chi connectivity index (χ4n) is 1.03. The van der Waals surface area contributed by atoms with Crippen molar-refractivity contribution in [3.8, 4) is 0 Å². The number of anilines is 1. The van der Waals surface area contributed by atoms with Crippen LogP contribution in [-0.2, 0) is 0 Å². The summed E-state index contributed by atoms with van der Waals surface area (Å²) in [6.07, 6.45) is 0. The highest BCUT2D eigenvalue weighted by Gasteiger charge is 2.04. The summed E-state index contributed by atoms with van der Waals surface area (Å²) in [6, 6.07) is 8.18. The molecule has 0 unspecified atom stereocenters. The van der Waals surface area contributed by atoms with E-state index < -0.39 is 0 Å². The number of nitrogen functional groups attached to an aromatic ring is 1. The van der Waals surface area contributed by atoms with Crippen LogP contribution in [-0.4, -0.2) is 10.2 Å². The van der Waals surface area contributed by atoms with Gasteiger partial charge in [-0.25, -0.2) is 0 Å². The van der Waals surface area contributed by atoms with Crippen molar-refractivity contribution in [3.05, 3.63) is 29.8 Å². The molecule has 0 aliphatic heterocycles. The van der Waals surface area contributed by atoms with E-state index in [2.05, 4.69) is 29.3 Å². The third-order valence-corrected chi connectivity index (χ3v) is 3.69. The molecular weight excluding hydrogens is 214 g/mol. The van der Waals surface area contributed by atoms with E-state index in [0.717, 1.165) is 4.34 Å². The van der Waals surface area contributed by atoms with Crippen molar-refractivity contribution in [1.29, 1.82) is 0 Å². The van der Waals surface area contributed by atoms with Crippen LogP contribution < -0.4 is 5.73 Å². The van der Waals surface area contributed by atoms with Gasteiger partial charge in [0.05, 0.1) is 0 Å². The monoisotopic (exact) mass is 223 g/mol. The lowest BCUT2D eigenvalue weighted by atomic mass is 10.2. The molecule has 3 nitrogen and oxygen atoms in total. The van der Waals surface area contributed by atoms with Crippen molar-refractivity contribution in [3.63, 3.8) is 0 Å². The highest BCUT2D eigenvalue weighted by Crippen LogP contribution is 2.32. The molecule has 2 rings (SSSR count). The second-order valence-corrected chi connectivity index (χ2v) is 5.07. The van der Waals surface area contributed by atoms with Crippen LogP contribution in [0.4, 0.5) is 5.13 Å². The molecule has 1 heterocycles. The molecule has 0 saturated carbocycles. The Morgan fingerprint density at radius 3 is 2.71 bits per heavy atom. The molecule has 5 heteroatoms. The van der Waals surface area contributed by atoms with E-state index in [1.54, 1.807) is 11.8 Å². The molecule has 0 aliphatic rings. The van der Waals surface area contributed by atoms with E-state index in [4.69, 9.17) is 5.73 Å². The van der Waals surface area contributed by atoms with Crippen molar-refractivity contribution < 1.29 is 0 Å². The lowest BCUT2D eigenvalue weighted by Crippen LogP contribution is -1.80. The number of nitrogens with two attached hydrogens (primary N) is 1. The van der Waals surface area contributed by atoms with E-state index in [1.807, 2.05) is 12.1 Å². The number of rotatable bonds is 2. The van der Waals surface area contributed by atoms with E-state index >= 15 is 0 Å². The van der Waals surface area contributed by atoms with Gasteiger partial charge >= 0.3 is 0 Å². The standard InChI is InChI=1S/C9H9N3S2/c1-6-4-2-3-5-7(6)13-9-12-11-8(10)14-9/h2-5H,1H3,(H2,10,11). The average Bonchev–Trinajstić information content (AvgIpc) is 2.56. The fourth-order valence-corrected chi connectivity index (χ4v) is 2.71. The van der Waals surface area contributed by atoms with Gasteiger partial charge in [-0.1, -0.05) is 41.3 Å². The summed E-state index contributed by atoms with van der Waals surface area (Å²) < 4.78 is 0.886. The summed E-state index contributed by atoms with van der Waals surface area (Å²) in [4.78, 5) is 1.20. The lowest BCUT2D eigenvalue weighted by Gasteiger charge is -2.00. The van der Waals surface area contributed by atoms with Crippen molar-refractivity contribution in [2.75, 3.05) is 5.73 Å². The van der Waals surface area contributed by atoms with Gasteiger partial charge in [0.1, 0.15) is 0 Å². The molecule has 0 amide bonds. The number of nitrogens with zero attached hydrogens (tertiary/aromatic N) is 2. The molecule has 2 N–H and O–H groups in total. The number of hydrogen-bond acceptors (Lipinski definition) is 5. The summed E-state index contributed by atoms with van der Waals surface area (Å²) >= 11 is 3.01. The highest BCUT2D eigenvalue weighted by atomic mass is 32.2. The first-order valence-electron chi connectivity index (χ1n) is 4.08. The van der Waals surface area contributed by atoms with Gasteiger partial charge in [0.15, 0.2) is 4.34 Å². The smallest absolute Gasteiger partial charge is 0.203 e. The molecule has 72 valence electrons. The molecular formula is C9H9N3S2. The Kier molecular flexibility index (Phi) is 2.69. The van der Waals surface area contributed by atoms with Gasteiger partial charge in [0, 0.05) is 4.90 Å². The minimum absolute atomic E-state index is 0.515. The van der Waals surface area contributed by atoms with Crippen LogP contribution in [0.25, 0.3) is 0 Å². The van der Waals surface area contributed by atoms with Gasteiger partial charge in [0.2, 0.25) is 5.13 Å². The third-order valence-electron chi connectivity index (χ3n) is 1.71. The lowest BCUT2D eigenvalue weighted by molar-refractivity contribution is 1.02. The number of aromatic nitrogens is 2. The van der Waals surface area contributed by atoms with Crippen LogP contribution in [0, 0.1) is 6.92 Å². The van der Waals surface area contributed by atoms with Gasteiger partial charge in [-0.05, 0) is 18.6 Å². The Morgan fingerprint density at radius 1 is 1.29 bits per heavy atom. The largest absolute Gasteiger partial charge is 0.374 e. The van der Waals surface area contributed by atoms with E-state index in [1.165, 1.54) is 21.8 Å². The van der Waals surface area contributed by atoms with Crippen molar-refractivity contribution >= 4 is 28.2 Å². The Bertz CT molecular complexity index is 439. The minimum Gasteiger partial charge on any atom is -0.374 e. The first kappa shape index (κ1) is 9.48. The van der Waals surface area contributed by atoms with Crippen LogP contribution in [0.5, 0.6) is 0 Å². The van der Waals surface area contributed by atoms with Gasteiger partial charge in [0.25, 0.3) is 0 Å². The molecule has 0 aliphatic carbocycles. The summed E-state index contributed by atoms with van der Waals surface area (Å²) in [6.45, 7) is 2.08. The molecule has 2 aromatic rings. The van der Waals surface area contributed by atoms with E-state index in [-0.39, 0.29) is 0 Å². The van der Waals surface area contributed by atoms with Gasteiger partial charge < -0.3 is 5.73 Å². The normalized spacial score (nSPS) is 10.4. The second-order valence-electron chi connectivity index (χ2n) is 2.77. The van der Waals surface area contributed by atoms with E-state index in [0.29, 0.717) is 5.13 Å².